The zero-order chi connectivity index (χ0) is 45.5. The monoisotopic (exact) mass is 894 g/mol. The van der Waals surface area contributed by atoms with Crippen LogP contribution in [0.5, 0.6) is 0 Å². The normalized spacial score (nSPS) is 12.8. The first-order chi connectivity index (χ1) is 34.3. The maximum absolute atomic E-state index is 5.50. The highest BCUT2D eigenvalue weighted by molar-refractivity contribution is 7.22. The molecule has 0 saturated heterocycles. The summed E-state index contributed by atoms with van der Waals surface area (Å²) in [6, 6.07) is 93.3. The van der Waals surface area contributed by atoms with Crippen LogP contribution in [0.3, 0.4) is 0 Å². The molecule has 11 aromatic carbocycles. The molecule has 0 saturated carbocycles. The fourth-order valence-electron chi connectivity index (χ4n) is 11.6. The van der Waals surface area contributed by atoms with Crippen LogP contribution in [0.1, 0.15) is 0 Å². The first-order valence-corrected chi connectivity index (χ1v) is 25.7. The number of rotatable bonds is 7. The molecule has 1 aliphatic heterocycles. The Bertz CT molecular complexity index is 3910. The Kier molecular flexibility index (Phi) is 8.88. The van der Waals surface area contributed by atoms with Gasteiger partial charge in [-0.05, 0) is 119 Å². The third-order valence-electron chi connectivity index (χ3n) is 14.4. The van der Waals surface area contributed by atoms with Gasteiger partial charge < -0.3 is 0 Å². The van der Waals surface area contributed by atoms with Gasteiger partial charge in [0.2, 0.25) is 0 Å². The topological polar surface area (TPSA) is 35.6 Å². The van der Waals surface area contributed by atoms with Crippen LogP contribution in [-0.2, 0) is 0 Å². The van der Waals surface area contributed by atoms with Crippen molar-refractivity contribution in [2.45, 2.75) is 0 Å². The maximum atomic E-state index is 5.50. The van der Waals surface area contributed by atoms with Gasteiger partial charge in [-0.2, -0.15) is 0 Å². The number of para-hydroxylation sites is 6. The van der Waals surface area contributed by atoms with Crippen LogP contribution in [-0.4, -0.2) is 27.2 Å². The van der Waals surface area contributed by atoms with E-state index in [9.17, 15) is 0 Å². The highest BCUT2D eigenvalue weighted by Gasteiger charge is 2.50. The summed E-state index contributed by atoms with van der Waals surface area (Å²) in [6.45, 7) is 0. The molecule has 1 aliphatic rings. The summed E-state index contributed by atoms with van der Waals surface area (Å²) < 4.78 is 4.66. The third-order valence-corrected chi connectivity index (χ3v) is 19.3. The van der Waals surface area contributed by atoms with Crippen LogP contribution in [0, 0.1) is 0 Å². The van der Waals surface area contributed by atoms with Gasteiger partial charge in [0.1, 0.15) is 11.6 Å². The maximum Gasteiger partial charge on any atom is 0.181 e. The predicted octanol–water partition coefficient (Wildman–Crippen LogP) is 13.0. The largest absolute Gasteiger partial charge is 0.292 e. The highest BCUT2D eigenvalue weighted by Crippen LogP contribution is 2.46. The molecular weight excluding hydrogens is 853 g/mol. The Morgan fingerprint density at radius 2 is 0.710 bits per heavy atom. The zero-order valence-electron chi connectivity index (χ0n) is 37.5. The minimum absolute atomic E-state index is 0.898. The Balaban J connectivity index is 1.17. The second-order valence-corrected chi connectivity index (χ2v) is 21.7. The van der Waals surface area contributed by atoms with Crippen LogP contribution in [0.4, 0.5) is 0 Å². The lowest BCUT2D eigenvalue weighted by Crippen LogP contribution is -2.73. The fraction of sp³-hybridized carbons (Fsp3) is 0. The molecule has 13 aromatic rings. The molecule has 0 N–H and O–H groups in total. The van der Waals surface area contributed by atoms with Crippen molar-refractivity contribution >= 4 is 72.4 Å². The van der Waals surface area contributed by atoms with E-state index in [4.69, 9.17) is 9.97 Å². The van der Waals surface area contributed by atoms with Crippen LogP contribution in [0.25, 0.3) is 100 Å². The van der Waals surface area contributed by atoms with Crippen molar-refractivity contribution in [1.29, 1.82) is 0 Å². The summed E-state index contributed by atoms with van der Waals surface area (Å²) >= 11 is 0. The van der Waals surface area contributed by atoms with E-state index in [0.717, 1.165) is 67.0 Å². The number of benzene rings is 11. The van der Waals surface area contributed by atoms with Crippen LogP contribution in [0.15, 0.2) is 255 Å². The van der Waals surface area contributed by atoms with Gasteiger partial charge in [0.15, 0.2) is 8.07 Å². The van der Waals surface area contributed by atoms with Crippen molar-refractivity contribution in [1.82, 2.24) is 19.1 Å². The van der Waals surface area contributed by atoms with Gasteiger partial charge in [-0.15, -0.1) is 0 Å². The second kappa shape index (κ2) is 15.6. The summed E-state index contributed by atoms with van der Waals surface area (Å²) in [7, 11) is -2.97. The summed E-state index contributed by atoms with van der Waals surface area (Å²) in [5.41, 5.74) is 13.4. The molecule has 0 bridgehead atoms. The predicted molar refractivity (Wildman–Crippen MR) is 290 cm³/mol. The number of fused-ring (bicyclic) bond motifs is 7. The van der Waals surface area contributed by atoms with Crippen LogP contribution >= 0.6 is 0 Å². The SMILES string of the molecule is c1ccc(-n2c(-c3cccc4c(-c5cccc6c5[Si](c5ccccc5)(c5ccccc5)c5ccccc5-6)c5cccc(-c6nc7ccccc7n6-c6ccccc6)c5cc34)nc3ccccc32)cc1. The van der Waals surface area contributed by atoms with Crippen LogP contribution in [0.2, 0.25) is 0 Å². The van der Waals surface area contributed by atoms with Gasteiger partial charge in [-0.3, -0.25) is 9.13 Å². The molecule has 0 radical (unpaired) electrons. The van der Waals surface area contributed by atoms with Crippen molar-refractivity contribution in [3.05, 3.63) is 255 Å². The third kappa shape index (κ3) is 5.81. The molecule has 0 aliphatic carbocycles. The molecule has 322 valence electrons. The average Bonchev–Trinajstić information content (AvgIpc) is 4.10. The standard InChI is InChI=1S/C64H42N4Si/c1-5-22-43(23-6-1)67-58-39-16-14-37-56(58)65-63(67)51-34-19-31-48-54(51)42-55-49(32-20-35-52(55)64-66-57-38-15-17-40-59(57)68(64)44-24-7-2-8-25-44)61(48)53-36-21-33-50-47-30-13-18-41-60(47)69(62(50)53,45-26-9-3-10-27-45)46-28-11-4-12-29-46/h1-42H. The molecule has 0 spiro atoms. The average molecular weight is 895 g/mol. The molecule has 0 fully saturated rings. The molecule has 0 unspecified atom stereocenters. The van der Waals surface area contributed by atoms with E-state index in [-0.39, 0.29) is 0 Å². The molecular formula is C64H42N4Si. The quantitative estimate of drug-likeness (QED) is 0.118. The van der Waals surface area contributed by atoms with Gasteiger partial charge in [-0.1, -0.05) is 200 Å². The van der Waals surface area contributed by atoms with Gasteiger partial charge >= 0.3 is 0 Å². The Morgan fingerprint density at radius 3 is 1.25 bits per heavy atom. The van der Waals surface area contributed by atoms with Gasteiger partial charge in [0.05, 0.1) is 22.1 Å². The molecule has 14 rings (SSSR count). The first kappa shape index (κ1) is 39.3. The van der Waals surface area contributed by atoms with Gasteiger partial charge in [0.25, 0.3) is 0 Å². The molecule has 5 heteroatoms. The molecule has 3 heterocycles. The molecule has 4 nitrogen and oxygen atoms in total. The van der Waals surface area contributed by atoms with E-state index in [1.54, 1.807) is 0 Å². The number of nitrogens with zero attached hydrogens (tertiary/aromatic N) is 4. The zero-order valence-corrected chi connectivity index (χ0v) is 38.5. The minimum Gasteiger partial charge on any atom is -0.292 e. The second-order valence-electron chi connectivity index (χ2n) is 18.0. The highest BCUT2D eigenvalue weighted by atomic mass is 28.3. The number of hydrogen-bond donors (Lipinski definition) is 0. The van der Waals surface area contributed by atoms with Crippen molar-refractivity contribution < 1.29 is 0 Å². The van der Waals surface area contributed by atoms with E-state index in [2.05, 4.69) is 264 Å². The Hall–Kier alpha value is -8.90. The molecule has 2 aromatic heterocycles. The number of aromatic nitrogens is 4. The van der Waals surface area contributed by atoms with Gasteiger partial charge in [0, 0.05) is 22.5 Å². The number of hydrogen-bond acceptors (Lipinski definition) is 2. The van der Waals surface area contributed by atoms with E-state index in [1.165, 1.54) is 53.8 Å². The van der Waals surface area contributed by atoms with Crippen molar-refractivity contribution in [2.24, 2.45) is 0 Å². The van der Waals surface area contributed by atoms with E-state index >= 15 is 0 Å². The fourth-order valence-corrected chi connectivity index (χ4v) is 17.0. The van der Waals surface area contributed by atoms with Gasteiger partial charge in [-0.25, -0.2) is 9.97 Å². The summed E-state index contributed by atoms with van der Waals surface area (Å²) in [5.74, 6) is 1.80. The molecule has 0 atom stereocenters. The van der Waals surface area contributed by atoms with E-state index < -0.39 is 8.07 Å². The lowest BCUT2D eigenvalue weighted by molar-refractivity contribution is 1.10. The lowest BCUT2D eigenvalue weighted by Gasteiger charge is -2.33. The lowest BCUT2D eigenvalue weighted by atomic mass is 9.87. The van der Waals surface area contributed by atoms with Crippen LogP contribution < -0.4 is 20.7 Å². The Morgan fingerprint density at radius 1 is 0.304 bits per heavy atom. The summed E-state index contributed by atoms with van der Waals surface area (Å²) in [6.07, 6.45) is 0. The summed E-state index contributed by atoms with van der Waals surface area (Å²) in [5, 5.41) is 10.2. The van der Waals surface area contributed by atoms with E-state index in [1.807, 2.05) is 0 Å². The van der Waals surface area contributed by atoms with E-state index in [0.29, 0.717) is 0 Å². The summed E-state index contributed by atoms with van der Waals surface area (Å²) in [4.78, 5) is 11.0. The first-order valence-electron chi connectivity index (χ1n) is 23.7. The van der Waals surface area contributed by atoms with Crippen molar-refractivity contribution in [3.8, 4) is 56.4 Å². The number of imidazole rings is 2. The minimum atomic E-state index is -2.97. The van der Waals surface area contributed by atoms with Crippen molar-refractivity contribution in [3.63, 3.8) is 0 Å². The molecule has 69 heavy (non-hydrogen) atoms. The molecule has 0 amide bonds. The Labute approximate surface area is 400 Å². The van der Waals surface area contributed by atoms with Crippen molar-refractivity contribution in [2.75, 3.05) is 0 Å². The smallest absolute Gasteiger partial charge is 0.181 e.